The third kappa shape index (κ3) is 6.70. The van der Waals surface area contributed by atoms with E-state index in [4.69, 9.17) is 4.74 Å². The lowest BCUT2D eigenvalue weighted by molar-refractivity contribution is -0.113. The standard InChI is InChI=1S/C23H25BrN4O2S/c1-3-5-15-30-20-12-6-17(7-13-20)22-26-27-23(28(22)14-4-2)31-16-21(29)25-19-10-8-18(24)9-11-19/h4,6-13H,2-3,5,14-16H2,1H3,(H,25,29). The SMILES string of the molecule is C=CCn1c(SCC(=O)Nc2ccc(Br)cc2)nnc1-c1ccc(OCCCC)cc1. The summed E-state index contributed by atoms with van der Waals surface area (Å²) in [4.78, 5) is 12.3. The number of allylic oxidation sites excluding steroid dienone is 1. The Morgan fingerprint density at radius 3 is 2.61 bits per heavy atom. The van der Waals surface area contributed by atoms with Gasteiger partial charge in [-0.1, -0.05) is 47.1 Å². The second-order valence-corrected chi connectivity index (χ2v) is 8.63. The van der Waals surface area contributed by atoms with Gasteiger partial charge in [0, 0.05) is 22.3 Å². The van der Waals surface area contributed by atoms with Crippen molar-refractivity contribution in [3.05, 3.63) is 65.7 Å². The van der Waals surface area contributed by atoms with E-state index in [1.807, 2.05) is 53.1 Å². The van der Waals surface area contributed by atoms with E-state index in [2.05, 4.69) is 44.9 Å². The summed E-state index contributed by atoms with van der Waals surface area (Å²) in [6, 6.07) is 15.3. The highest BCUT2D eigenvalue weighted by Crippen LogP contribution is 2.26. The lowest BCUT2D eigenvalue weighted by Gasteiger charge is -2.09. The first kappa shape index (κ1) is 23.1. The van der Waals surface area contributed by atoms with E-state index >= 15 is 0 Å². The summed E-state index contributed by atoms with van der Waals surface area (Å²) in [7, 11) is 0. The van der Waals surface area contributed by atoms with Gasteiger partial charge in [0.15, 0.2) is 11.0 Å². The van der Waals surface area contributed by atoms with Crippen molar-refractivity contribution >= 4 is 39.3 Å². The number of thioether (sulfide) groups is 1. The molecule has 0 saturated heterocycles. The van der Waals surface area contributed by atoms with Gasteiger partial charge in [0.2, 0.25) is 5.91 Å². The van der Waals surface area contributed by atoms with E-state index in [1.165, 1.54) is 11.8 Å². The number of hydrogen-bond donors (Lipinski definition) is 1. The Balaban J connectivity index is 1.66. The zero-order valence-corrected chi connectivity index (χ0v) is 19.8. The number of hydrogen-bond acceptors (Lipinski definition) is 5. The molecule has 162 valence electrons. The van der Waals surface area contributed by atoms with Crippen LogP contribution in [0.3, 0.4) is 0 Å². The van der Waals surface area contributed by atoms with Gasteiger partial charge in [0.25, 0.3) is 0 Å². The van der Waals surface area contributed by atoms with Crippen molar-refractivity contribution in [1.82, 2.24) is 14.8 Å². The van der Waals surface area contributed by atoms with E-state index in [9.17, 15) is 4.79 Å². The van der Waals surface area contributed by atoms with Crippen LogP contribution in [0.5, 0.6) is 5.75 Å². The molecule has 0 bridgehead atoms. The predicted molar refractivity (Wildman–Crippen MR) is 130 cm³/mol. The van der Waals surface area contributed by atoms with Crippen molar-refractivity contribution in [2.75, 3.05) is 17.7 Å². The molecule has 0 aliphatic heterocycles. The van der Waals surface area contributed by atoms with Crippen molar-refractivity contribution in [3.63, 3.8) is 0 Å². The highest BCUT2D eigenvalue weighted by Gasteiger charge is 2.15. The van der Waals surface area contributed by atoms with E-state index in [0.717, 1.165) is 40.1 Å². The average molecular weight is 501 g/mol. The molecule has 31 heavy (non-hydrogen) atoms. The van der Waals surface area contributed by atoms with E-state index < -0.39 is 0 Å². The quantitative estimate of drug-likeness (QED) is 0.204. The number of halogens is 1. The van der Waals surface area contributed by atoms with Crippen LogP contribution in [-0.4, -0.2) is 33.0 Å². The van der Waals surface area contributed by atoms with Crippen molar-refractivity contribution in [2.24, 2.45) is 0 Å². The normalized spacial score (nSPS) is 10.6. The number of ether oxygens (including phenoxy) is 1. The van der Waals surface area contributed by atoms with Crippen LogP contribution >= 0.6 is 27.7 Å². The molecule has 3 aromatic rings. The first-order chi connectivity index (χ1) is 15.1. The zero-order valence-electron chi connectivity index (χ0n) is 17.4. The summed E-state index contributed by atoms with van der Waals surface area (Å²) in [5, 5.41) is 12.2. The van der Waals surface area contributed by atoms with Crippen LogP contribution < -0.4 is 10.1 Å². The Morgan fingerprint density at radius 2 is 1.94 bits per heavy atom. The smallest absolute Gasteiger partial charge is 0.234 e. The van der Waals surface area contributed by atoms with Gasteiger partial charge in [-0.15, -0.1) is 16.8 Å². The van der Waals surface area contributed by atoms with Crippen LogP contribution in [0.25, 0.3) is 11.4 Å². The number of nitrogens with one attached hydrogen (secondary N) is 1. The number of rotatable bonds is 11. The molecule has 0 aliphatic rings. The third-order valence-corrected chi connectivity index (χ3v) is 5.86. The van der Waals surface area contributed by atoms with Crippen LogP contribution in [0, 0.1) is 0 Å². The molecule has 1 amide bonds. The summed E-state index contributed by atoms with van der Waals surface area (Å²) < 4.78 is 8.65. The lowest BCUT2D eigenvalue weighted by atomic mass is 10.2. The van der Waals surface area contributed by atoms with Crippen LogP contribution in [0.4, 0.5) is 5.69 Å². The van der Waals surface area contributed by atoms with Gasteiger partial charge in [0.1, 0.15) is 5.75 Å². The number of aromatic nitrogens is 3. The Labute approximate surface area is 195 Å². The van der Waals surface area contributed by atoms with Gasteiger partial charge in [-0.3, -0.25) is 9.36 Å². The number of carbonyl (C=O) groups excluding carboxylic acids is 1. The fourth-order valence-electron chi connectivity index (χ4n) is 2.80. The Morgan fingerprint density at radius 1 is 1.19 bits per heavy atom. The fourth-order valence-corrected chi connectivity index (χ4v) is 3.81. The number of anilines is 1. The maximum atomic E-state index is 12.3. The fraction of sp³-hybridized carbons (Fsp3) is 0.261. The summed E-state index contributed by atoms with van der Waals surface area (Å²) in [6.07, 6.45) is 3.93. The highest BCUT2D eigenvalue weighted by atomic mass is 79.9. The Hall–Kier alpha value is -2.58. The molecule has 1 aromatic heterocycles. The second kappa shape index (κ2) is 11.7. The van der Waals surface area contributed by atoms with Crippen molar-refractivity contribution < 1.29 is 9.53 Å². The van der Waals surface area contributed by atoms with Crippen molar-refractivity contribution in [1.29, 1.82) is 0 Å². The van der Waals surface area contributed by atoms with Crippen LogP contribution in [0.1, 0.15) is 19.8 Å². The molecule has 8 heteroatoms. The molecule has 3 rings (SSSR count). The Kier molecular flexibility index (Phi) is 8.73. The molecule has 0 spiro atoms. The van der Waals surface area contributed by atoms with Crippen LogP contribution in [0.2, 0.25) is 0 Å². The first-order valence-corrected chi connectivity index (χ1v) is 11.8. The molecule has 0 unspecified atom stereocenters. The lowest BCUT2D eigenvalue weighted by Crippen LogP contribution is -2.14. The Bertz CT molecular complexity index is 1000. The van der Waals surface area contributed by atoms with Crippen LogP contribution in [0.15, 0.2) is 70.8 Å². The second-order valence-electron chi connectivity index (χ2n) is 6.78. The molecule has 0 radical (unpaired) electrons. The monoisotopic (exact) mass is 500 g/mol. The largest absolute Gasteiger partial charge is 0.494 e. The molecule has 0 atom stereocenters. The summed E-state index contributed by atoms with van der Waals surface area (Å²) in [5.74, 6) is 1.70. The van der Waals surface area contributed by atoms with Gasteiger partial charge < -0.3 is 10.1 Å². The van der Waals surface area contributed by atoms with Gasteiger partial charge in [0.05, 0.1) is 12.4 Å². The van der Waals surface area contributed by atoms with E-state index in [-0.39, 0.29) is 11.7 Å². The minimum atomic E-state index is -0.101. The van der Waals surface area contributed by atoms with Crippen molar-refractivity contribution in [2.45, 2.75) is 31.5 Å². The molecular formula is C23H25BrN4O2S. The van der Waals surface area contributed by atoms with Gasteiger partial charge in [-0.2, -0.15) is 0 Å². The first-order valence-electron chi connectivity index (χ1n) is 10.1. The minimum absolute atomic E-state index is 0.101. The topological polar surface area (TPSA) is 69.0 Å². The molecule has 1 N–H and O–H groups in total. The number of benzene rings is 2. The van der Waals surface area contributed by atoms with Crippen LogP contribution in [-0.2, 0) is 11.3 Å². The number of nitrogens with zero attached hydrogens (tertiary/aromatic N) is 3. The molecule has 1 heterocycles. The predicted octanol–water partition coefficient (Wildman–Crippen LogP) is 5.80. The average Bonchev–Trinajstić information content (AvgIpc) is 3.17. The maximum Gasteiger partial charge on any atom is 0.234 e. The number of carbonyl (C=O) groups is 1. The zero-order chi connectivity index (χ0) is 22.1. The van der Waals surface area contributed by atoms with Gasteiger partial charge in [-0.25, -0.2) is 0 Å². The molecule has 0 saturated carbocycles. The number of amides is 1. The van der Waals surface area contributed by atoms with E-state index in [0.29, 0.717) is 18.3 Å². The molecule has 6 nitrogen and oxygen atoms in total. The number of unbranched alkanes of at least 4 members (excludes halogenated alkanes) is 1. The highest BCUT2D eigenvalue weighted by molar-refractivity contribution is 9.10. The maximum absolute atomic E-state index is 12.3. The summed E-state index contributed by atoms with van der Waals surface area (Å²) >= 11 is 4.73. The summed E-state index contributed by atoms with van der Waals surface area (Å²) in [6.45, 7) is 7.24. The molecule has 2 aromatic carbocycles. The molecule has 0 fully saturated rings. The minimum Gasteiger partial charge on any atom is -0.494 e. The van der Waals surface area contributed by atoms with Gasteiger partial charge >= 0.3 is 0 Å². The van der Waals surface area contributed by atoms with Gasteiger partial charge in [-0.05, 0) is 55.0 Å². The van der Waals surface area contributed by atoms with Crippen molar-refractivity contribution in [3.8, 4) is 17.1 Å². The third-order valence-electron chi connectivity index (χ3n) is 4.37. The summed E-state index contributed by atoms with van der Waals surface area (Å²) in [5.41, 5.74) is 1.69. The molecule has 0 aliphatic carbocycles. The van der Waals surface area contributed by atoms with E-state index in [1.54, 1.807) is 6.08 Å². The molecular weight excluding hydrogens is 476 g/mol.